The highest BCUT2D eigenvalue weighted by Crippen LogP contribution is 2.28. The Bertz CT molecular complexity index is 1020. The quantitative estimate of drug-likeness (QED) is 0.334. The molecule has 0 saturated heterocycles. The van der Waals surface area contributed by atoms with Crippen LogP contribution in [-0.4, -0.2) is 30.8 Å². The summed E-state index contributed by atoms with van der Waals surface area (Å²) < 4.78 is 1.77. The lowest BCUT2D eigenvalue weighted by Gasteiger charge is -2.14. The molecule has 10 heteroatoms. The molecule has 0 saturated carbocycles. The molecule has 3 rings (SSSR count). The molecular weight excluding hydrogens is 414 g/mol. The van der Waals surface area contributed by atoms with E-state index >= 15 is 0 Å². The van der Waals surface area contributed by atoms with Gasteiger partial charge in [-0.2, -0.15) is 0 Å². The van der Waals surface area contributed by atoms with E-state index in [1.54, 1.807) is 48.0 Å². The van der Waals surface area contributed by atoms with Crippen LogP contribution in [0.25, 0.3) is 11.4 Å². The molecule has 0 radical (unpaired) electrons. The third kappa shape index (κ3) is 4.93. The number of amides is 1. The van der Waals surface area contributed by atoms with Gasteiger partial charge in [0.25, 0.3) is 5.69 Å². The first-order valence-electron chi connectivity index (χ1n) is 8.76. The first-order chi connectivity index (χ1) is 13.9. The number of anilines is 1. The van der Waals surface area contributed by atoms with E-state index in [1.165, 1.54) is 23.9 Å². The number of nitrogens with one attached hydrogen (secondary N) is 1. The van der Waals surface area contributed by atoms with E-state index in [2.05, 4.69) is 15.5 Å². The molecule has 1 unspecified atom stereocenters. The van der Waals surface area contributed by atoms with E-state index in [4.69, 9.17) is 11.6 Å². The number of thioether (sulfide) groups is 1. The number of carbonyl (C=O) groups excluding carboxylic acids is 1. The van der Waals surface area contributed by atoms with Crippen LogP contribution in [0.5, 0.6) is 0 Å². The fourth-order valence-corrected chi connectivity index (χ4v) is 3.65. The van der Waals surface area contributed by atoms with Gasteiger partial charge in [-0.15, -0.1) is 10.2 Å². The summed E-state index contributed by atoms with van der Waals surface area (Å²) in [5.74, 6) is 0.426. The lowest BCUT2D eigenvalue weighted by Crippen LogP contribution is -2.25. The topological polar surface area (TPSA) is 103 Å². The molecule has 1 amide bonds. The number of hydrogen-bond acceptors (Lipinski definition) is 6. The van der Waals surface area contributed by atoms with E-state index in [1.807, 2.05) is 6.92 Å². The summed E-state index contributed by atoms with van der Waals surface area (Å²) in [5, 5.41) is 22.9. The van der Waals surface area contributed by atoms with Crippen molar-refractivity contribution < 1.29 is 9.72 Å². The van der Waals surface area contributed by atoms with E-state index < -0.39 is 4.92 Å². The van der Waals surface area contributed by atoms with E-state index in [-0.39, 0.29) is 16.8 Å². The number of benzene rings is 2. The van der Waals surface area contributed by atoms with Crippen LogP contribution >= 0.6 is 23.4 Å². The van der Waals surface area contributed by atoms with Crippen LogP contribution in [0.15, 0.2) is 53.7 Å². The Kier molecular flexibility index (Phi) is 6.50. The Hall–Kier alpha value is -2.91. The molecule has 1 heterocycles. The molecule has 1 aromatic heterocycles. The van der Waals surface area contributed by atoms with Gasteiger partial charge >= 0.3 is 0 Å². The van der Waals surface area contributed by atoms with Gasteiger partial charge < -0.3 is 9.88 Å². The molecule has 0 aliphatic carbocycles. The Morgan fingerprint density at radius 1 is 1.21 bits per heavy atom. The predicted molar refractivity (Wildman–Crippen MR) is 113 cm³/mol. The lowest BCUT2D eigenvalue weighted by atomic mass is 10.2. The number of nitro groups is 1. The van der Waals surface area contributed by atoms with Crippen molar-refractivity contribution >= 4 is 40.6 Å². The number of nitrogens with zero attached hydrogens (tertiary/aromatic N) is 4. The van der Waals surface area contributed by atoms with Crippen LogP contribution in [0.4, 0.5) is 11.4 Å². The second-order valence-electron chi connectivity index (χ2n) is 6.18. The van der Waals surface area contributed by atoms with Crippen LogP contribution < -0.4 is 5.32 Å². The van der Waals surface area contributed by atoms with Gasteiger partial charge in [-0.1, -0.05) is 30.3 Å². The summed E-state index contributed by atoms with van der Waals surface area (Å²) in [6.07, 6.45) is 0.601. The highest BCUT2D eigenvalue weighted by molar-refractivity contribution is 8.00. The monoisotopic (exact) mass is 431 g/mol. The van der Waals surface area contributed by atoms with Gasteiger partial charge in [0.05, 0.1) is 10.2 Å². The molecule has 1 atom stereocenters. The summed E-state index contributed by atoms with van der Waals surface area (Å²) in [4.78, 5) is 23.0. The van der Waals surface area contributed by atoms with Crippen molar-refractivity contribution in [3.63, 3.8) is 0 Å². The maximum Gasteiger partial charge on any atom is 0.269 e. The fraction of sp³-hybridized carbons (Fsp3) is 0.211. The SMILES string of the molecule is CCC(Sc1nnc(-c2ccc([N+](=O)[O-])cc2)n1C)C(=O)Nc1ccc(Cl)cc1. The van der Waals surface area contributed by atoms with Crippen LogP contribution in [0.2, 0.25) is 5.02 Å². The number of aromatic nitrogens is 3. The van der Waals surface area contributed by atoms with Gasteiger partial charge in [0.2, 0.25) is 5.91 Å². The molecule has 0 bridgehead atoms. The van der Waals surface area contributed by atoms with Crippen molar-refractivity contribution in [1.82, 2.24) is 14.8 Å². The Morgan fingerprint density at radius 3 is 2.45 bits per heavy atom. The maximum atomic E-state index is 12.6. The van der Waals surface area contributed by atoms with E-state index in [9.17, 15) is 14.9 Å². The minimum Gasteiger partial charge on any atom is -0.325 e. The van der Waals surface area contributed by atoms with E-state index in [0.29, 0.717) is 33.7 Å². The highest BCUT2D eigenvalue weighted by atomic mass is 35.5. The lowest BCUT2D eigenvalue weighted by molar-refractivity contribution is -0.384. The third-order valence-electron chi connectivity index (χ3n) is 4.19. The zero-order valence-electron chi connectivity index (χ0n) is 15.7. The number of hydrogen-bond donors (Lipinski definition) is 1. The van der Waals surface area contributed by atoms with Crippen LogP contribution in [0, 0.1) is 10.1 Å². The van der Waals surface area contributed by atoms with Crippen molar-refractivity contribution in [3.05, 3.63) is 63.7 Å². The number of carbonyl (C=O) groups is 1. The standard InChI is InChI=1S/C19H18ClN5O3S/c1-3-16(18(26)21-14-8-6-13(20)7-9-14)29-19-23-22-17(24(19)2)12-4-10-15(11-5-12)25(27)28/h4-11,16H,3H2,1-2H3,(H,21,26). The average Bonchev–Trinajstić information content (AvgIpc) is 3.08. The Morgan fingerprint density at radius 2 is 1.86 bits per heavy atom. The second kappa shape index (κ2) is 9.06. The molecule has 29 heavy (non-hydrogen) atoms. The summed E-state index contributed by atoms with van der Waals surface area (Å²) in [6, 6.07) is 13.0. The smallest absolute Gasteiger partial charge is 0.269 e. The van der Waals surface area contributed by atoms with Crippen molar-refractivity contribution in [2.24, 2.45) is 7.05 Å². The highest BCUT2D eigenvalue weighted by Gasteiger charge is 2.22. The van der Waals surface area contributed by atoms with Gasteiger partial charge in [0.15, 0.2) is 11.0 Å². The third-order valence-corrected chi connectivity index (χ3v) is 5.84. The molecular formula is C19H18ClN5O3S. The number of nitro benzene ring substituents is 1. The van der Waals surface area contributed by atoms with Crippen molar-refractivity contribution in [2.75, 3.05) is 5.32 Å². The average molecular weight is 432 g/mol. The van der Waals surface area contributed by atoms with E-state index in [0.717, 1.165) is 0 Å². The summed E-state index contributed by atoms with van der Waals surface area (Å²) in [7, 11) is 1.79. The van der Waals surface area contributed by atoms with Gasteiger partial charge in [-0.3, -0.25) is 14.9 Å². The summed E-state index contributed by atoms with van der Waals surface area (Å²) >= 11 is 7.18. The number of rotatable bonds is 7. The molecule has 0 aliphatic heterocycles. The number of non-ortho nitro benzene ring substituents is 1. The maximum absolute atomic E-state index is 12.6. The van der Waals surface area contributed by atoms with Gasteiger partial charge in [0.1, 0.15) is 0 Å². The zero-order valence-corrected chi connectivity index (χ0v) is 17.3. The molecule has 1 N–H and O–H groups in total. The Labute approximate surface area is 176 Å². The van der Waals surface area contributed by atoms with Crippen molar-refractivity contribution in [3.8, 4) is 11.4 Å². The molecule has 0 spiro atoms. The van der Waals surface area contributed by atoms with Crippen molar-refractivity contribution in [1.29, 1.82) is 0 Å². The fourth-order valence-electron chi connectivity index (χ4n) is 2.61. The minimum atomic E-state index is -0.452. The minimum absolute atomic E-state index is 0.00966. The van der Waals surface area contributed by atoms with Gasteiger partial charge in [0, 0.05) is 35.5 Å². The van der Waals surface area contributed by atoms with Gasteiger partial charge in [-0.25, -0.2) is 0 Å². The normalized spacial score (nSPS) is 11.8. The summed E-state index contributed by atoms with van der Waals surface area (Å²) in [6.45, 7) is 1.92. The molecule has 0 aliphatic rings. The second-order valence-corrected chi connectivity index (χ2v) is 7.79. The van der Waals surface area contributed by atoms with Gasteiger partial charge in [-0.05, 0) is 42.8 Å². The molecule has 2 aromatic carbocycles. The van der Waals surface area contributed by atoms with Crippen LogP contribution in [-0.2, 0) is 11.8 Å². The van der Waals surface area contributed by atoms with Crippen molar-refractivity contribution in [2.45, 2.75) is 23.8 Å². The first-order valence-corrected chi connectivity index (χ1v) is 10.0. The number of halogens is 1. The predicted octanol–water partition coefficient (Wildman–Crippen LogP) is 4.55. The first kappa shape index (κ1) is 20.8. The largest absolute Gasteiger partial charge is 0.325 e. The molecule has 0 fully saturated rings. The Balaban J connectivity index is 1.74. The van der Waals surface area contributed by atoms with Crippen LogP contribution in [0.3, 0.4) is 0 Å². The van der Waals surface area contributed by atoms with Crippen LogP contribution in [0.1, 0.15) is 13.3 Å². The molecule has 8 nitrogen and oxygen atoms in total. The summed E-state index contributed by atoms with van der Waals surface area (Å²) in [5.41, 5.74) is 1.38. The zero-order chi connectivity index (χ0) is 21.0. The molecule has 150 valence electrons. The molecule has 3 aromatic rings.